The minimum Gasteiger partial charge on any atom is -0.399 e. The van der Waals surface area contributed by atoms with Crippen molar-refractivity contribution in [3.63, 3.8) is 0 Å². The van der Waals surface area contributed by atoms with Crippen LogP contribution in [0.4, 0.5) is 11.4 Å². The fourth-order valence-corrected chi connectivity index (χ4v) is 2.92. The molecular weight excluding hydrogens is 275 g/mol. The summed E-state index contributed by atoms with van der Waals surface area (Å²) in [4.78, 5) is 0. The molecule has 2 nitrogen and oxygen atoms in total. The Hall–Kier alpha value is -2.31. The molecule has 104 valence electrons. The highest BCUT2D eigenvalue weighted by Crippen LogP contribution is 2.36. The van der Waals surface area contributed by atoms with Crippen LogP contribution in [0.25, 0.3) is 22.3 Å². The Morgan fingerprint density at radius 1 is 0.619 bits per heavy atom. The van der Waals surface area contributed by atoms with E-state index in [9.17, 15) is 0 Å². The number of nitrogen functional groups attached to an aromatic ring is 2. The van der Waals surface area contributed by atoms with Gasteiger partial charge in [0.1, 0.15) is 0 Å². The molecule has 3 aromatic rings. The SMILES string of the molecule is Nc1ccc(-c2c(P)ccc(N)c2-c2ccccc2)cc1. The maximum absolute atomic E-state index is 6.26. The molecule has 3 heteroatoms. The van der Waals surface area contributed by atoms with Crippen molar-refractivity contribution in [2.45, 2.75) is 0 Å². The summed E-state index contributed by atoms with van der Waals surface area (Å²) in [5.41, 5.74) is 18.0. The van der Waals surface area contributed by atoms with Gasteiger partial charge in [-0.3, -0.25) is 0 Å². The van der Waals surface area contributed by atoms with Crippen LogP contribution in [0.15, 0.2) is 66.7 Å². The lowest BCUT2D eigenvalue weighted by molar-refractivity contribution is 1.59. The van der Waals surface area contributed by atoms with Crippen molar-refractivity contribution >= 4 is 25.9 Å². The van der Waals surface area contributed by atoms with E-state index in [0.29, 0.717) is 0 Å². The first-order chi connectivity index (χ1) is 10.2. The normalized spacial score (nSPS) is 10.5. The average Bonchev–Trinajstić information content (AvgIpc) is 2.51. The molecule has 0 aliphatic rings. The zero-order valence-corrected chi connectivity index (χ0v) is 12.7. The Kier molecular flexibility index (Phi) is 3.64. The number of rotatable bonds is 2. The highest BCUT2D eigenvalue weighted by molar-refractivity contribution is 7.28. The van der Waals surface area contributed by atoms with Gasteiger partial charge in [0, 0.05) is 16.9 Å². The van der Waals surface area contributed by atoms with Crippen LogP contribution in [0.5, 0.6) is 0 Å². The van der Waals surface area contributed by atoms with Gasteiger partial charge in [0.05, 0.1) is 0 Å². The third-order valence-electron chi connectivity index (χ3n) is 3.53. The lowest BCUT2D eigenvalue weighted by Crippen LogP contribution is -2.03. The largest absolute Gasteiger partial charge is 0.399 e. The van der Waals surface area contributed by atoms with Crippen LogP contribution in [0.3, 0.4) is 0 Å². The van der Waals surface area contributed by atoms with Crippen LogP contribution < -0.4 is 16.8 Å². The maximum atomic E-state index is 6.26. The van der Waals surface area contributed by atoms with Gasteiger partial charge in [-0.05, 0) is 40.2 Å². The summed E-state index contributed by atoms with van der Waals surface area (Å²) in [6.07, 6.45) is 0. The summed E-state index contributed by atoms with van der Waals surface area (Å²) in [5.74, 6) is 0. The van der Waals surface area contributed by atoms with Gasteiger partial charge in [0.25, 0.3) is 0 Å². The van der Waals surface area contributed by atoms with Crippen molar-refractivity contribution in [3.05, 3.63) is 66.7 Å². The minimum absolute atomic E-state index is 0.759. The van der Waals surface area contributed by atoms with Crippen molar-refractivity contribution in [1.82, 2.24) is 0 Å². The van der Waals surface area contributed by atoms with Crippen LogP contribution in [-0.2, 0) is 0 Å². The third-order valence-corrected chi connectivity index (χ3v) is 4.01. The zero-order chi connectivity index (χ0) is 14.8. The maximum Gasteiger partial charge on any atom is 0.0400 e. The van der Waals surface area contributed by atoms with E-state index in [4.69, 9.17) is 11.5 Å². The molecule has 0 aromatic heterocycles. The van der Waals surface area contributed by atoms with E-state index in [1.807, 2.05) is 54.6 Å². The first-order valence-corrected chi connectivity index (χ1v) is 7.34. The Labute approximate surface area is 127 Å². The summed E-state index contributed by atoms with van der Waals surface area (Å²) in [6, 6.07) is 22.1. The topological polar surface area (TPSA) is 52.0 Å². The smallest absolute Gasteiger partial charge is 0.0400 e. The summed E-state index contributed by atoms with van der Waals surface area (Å²) >= 11 is 0. The Morgan fingerprint density at radius 2 is 1.24 bits per heavy atom. The van der Waals surface area contributed by atoms with E-state index in [0.717, 1.165) is 38.9 Å². The molecular formula is C18H17N2P. The highest BCUT2D eigenvalue weighted by Gasteiger charge is 2.13. The number of hydrogen-bond donors (Lipinski definition) is 2. The summed E-state index contributed by atoms with van der Waals surface area (Å²) in [7, 11) is 2.79. The van der Waals surface area contributed by atoms with E-state index < -0.39 is 0 Å². The Morgan fingerprint density at radius 3 is 1.90 bits per heavy atom. The lowest BCUT2D eigenvalue weighted by atomic mass is 9.93. The number of nitrogens with two attached hydrogens (primary N) is 2. The molecule has 3 aromatic carbocycles. The predicted molar refractivity (Wildman–Crippen MR) is 95.5 cm³/mol. The van der Waals surface area contributed by atoms with E-state index in [2.05, 4.69) is 21.4 Å². The van der Waals surface area contributed by atoms with E-state index in [1.165, 1.54) is 0 Å². The fourth-order valence-electron chi connectivity index (χ4n) is 2.51. The second-order valence-electron chi connectivity index (χ2n) is 4.98. The molecule has 0 aliphatic carbocycles. The van der Waals surface area contributed by atoms with Crippen LogP contribution in [0, 0.1) is 0 Å². The standard InChI is InChI=1S/C18H17N2P/c19-14-8-6-13(7-9-14)18-16(21)11-10-15(20)17(18)12-4-2-1-3-5-12/h1-11H,19-21H2. The molecule has 0 bridgehead atoms. The minimum atomic E-state index is 0.759. The van der Waals surface area contributed by atoms with Gasteiger partial charge in [-0.2, -0.15) is 0 Å². The summed E-state index contributed by atoms with van der Waals surface area (Å²) in [6.45, 7) is 0. The molecule has 1 unspecified atom stereocenters. The monoisotopic (exact) mass is 292 g/mol. The number of anilines is 2. The van der Waals surface area contributed by atoms with Gasteiger partial charge >= 0.3 is 0 Å². The first-order valence-electron chi connectivity index (χ1n) is 6.76. The van der Waals surface area contributed by atoms with E-state index in [1.54, 1.807) is 0 Å². The summed E-state index contributed by atoms with van der Waals surface area (Å²) in [5, 5.41) is 1.12. The Balaban J connectivity index is 2.29. The van der Waals surface area contributed by atoms with Gasteiger partial charge in [-0.1, -0.05) is 48.5 Å². The molecule has 0 saturated carbocycles. The van der Waals surface area contributed by atoms with Crippen LogP contribution in [0.1, 0.15) is 0 Å². The van der Waals surface area contributed by atoms with Crippen LogP contribution in [-0.4, -0.2) is 0 Å². The van der Waals surface area contributed by atoms with E-state index >= 15 is 0 Å². The van der Waals surface area contributed by atoms with Gasteiger partial charge in [-0.25, -0.2) is 0 Å². The number of benzene rings is 3. The van der Waals surface area contributed by atoms with Gasteiger partial charge in [0.2, 0.25) is 0 Å². The predicted octanol–water partition coefficient (Wildman–Crippen LogP) is 3.69. The number of hydrogen-bond acceptors (Lipinski definition) is 2. The lowest BCUT2D eigenvalue weighted by Gasteiger charge is -2.16. The zero-order valence-electron chi connectivity index (χ0n) is 11.6. The molecule has 4 N–H and O–H groups in total. The molecule has 0 heterocycles. The molecule has 0 radical (unpaired) electrons. The van der Waals surface area contributed by atoms with Crippen molar-refractivity contribution < 1.29 is 0 Å². The second kappa shape index (κ2) is 5.59. The molecule has 0 fully saturated rings. The highest BCUT2D eigenvalue weighted by atomic mass is 31.0. The quantitative estimate of drug-likeness (QED) is 0.559. The van der Waals surface area contributed by atoms with E-state index in [-0.39, 0.29) is 0 Å². The van der Waals surface area contributed by atoms with Crippen molar-refractivity contribution in [3.8, 4) is 22.3 Å². The molecule has 3 rings (SSSR count). The second-order valence-corrected chi connectivity index (χ2v) is 5.60. The third kappa shape index (κ3) is 2.63. The van der Waals surface area contributed by atoms with Crippen molar-refractivity contribution in [2.75, 3.05) is 11.5 Å². The Bertz CT molecular complexity index is 765. The van der Waals surface area contributed by atoms with Crippen LogP contribution >= 0.6 is 9.24 Å². The van der Waals surface area contributed by atoms with Gasteiger partial charge in [0.15, 0.2) is 0 Å². The molecule has 21 heavy (non-hydrogen) atoms. The van der Waals surface area contributed by atoms with Crippen molar-refractivity contribution in [1.29, 1.82) is 0 Å². The fraction of sp³-hybridized carbons (Fsp3) is 0. The molecule has 0 spiro atoms. The molecule has 0 saturated heterocycles. The average molecular weight is 292 g/mol. The van der Waals surface area contributed by atoms with Gasteiger partial charge in [-0.15, -0.1) is 9.24 Å². The van der Waals surface area contributed by atoms with Gasteiger partial charge < -0.3 is 11.5 Å². The summed E-state index contributed by atoms with van der Waals surface area (Å²) < 4.78 is 0. The first kappa shape index (κ1) is 13.7. The molecule has 0 amide bonds. The van der Waals surface area contributed by atoms with Crippen molar-refractivity contribution in [2.24, 2.45) is 0 Å². The van der Waals surface area contributed by atoms with Crippen LogP contribution in [0.2, 0.25) is 0 Å². The molecule has 0 aliphatic heterocycles. The molecule has 1 atom stereocenters.